The molecule has 8 aliphatic heterocycles. The number of H-pyrrole nitrogens is 1. The zero-order chi connectivity index (χ0) is 93.1. The zero-order valence-corrected chi connectivity index (χ0v) is 70.3. The number of imide groups is 4. The van der Waals surface area contributed by atoms with E-state index in [0.717, 1.165) is 62.8 Å². The second-order valence-electron chi connectivity index (χ2n) is 32.0. The van der Waals surface area contributed by atoms with E-state index in [0.29, 0.717) is 91.4 Å². The maximum atomic E-state index is 14.4. The van der Waals surface area contributed by atoms with E-state index in [4.69, 9.17) is 16.3 Å². The van der Waals surface area contributed by atoms with Gasteiger partial charge in [0.05, 0.1) is 57.2 Å². The molecule has 1 unspecified atom stereocenters. The fourth-order valence-corrected chi connectivity index (χ4v) is 17.5. The van der Waals surface area contributed by atoms with Gasteiger partial charge in [0.25, 0.3) is 47.3 Å². The summed E-state index contributed by atoms with van der Waals surface area (Å²) in [5, 5.41) is 26.9. The van der Waals surface area contributed by atoms with Gasteiger partial charge in [0, 0.05) is 102 Å². The highest BCUT2D eigenvalue weighted by Gasteiger charge is 2.56. The van der Waals surface area contributed by atoms with Crippen molar-refractivity contribution in [3.8, 4) is 56.4 Å². The highest BCUT2D eigenvalue weighted by molar-refractivity contribution is 6.31. The Morgan fingerprint density at radius 2 is 0.857 bits per heavy atom. The number of alkyl halides is 2. The van der Waals surface area contributed by atoms with Crippen LogP contribution in [0.1, 0.15) is 85.9 Å². The van der Waals surface area contributed by atoms with E-state index >= 15 is 0 Å². The molecule has 21 rings (SSSR count). The summed E-state index contributed by atoms with van der Waals surface area (Å²) in [6.45, 7) is -2.77. The minimum Gasteiger partial charge on any atom is -0.497 e. The second kappa shape index (κ2) is 34.5. The molecule has 8 aliphatic rings. The predicted octanol–water partition coefficient (Wildman–Crippen LogP) is 10.0. The number of urea groups is 4. The molecule has 668 valence electrons. The zero-order valence-electron chi connectivity index (χ0n) is 69.6. The number of aromatic amines is 1. The van der Waals surface area contributed by atoms with Crippen molar-refractivity contribution in [1.82, 2.24) is 102 Å². The van der Waals surface area contributed by atoms with Gasteiger partial charge in [-0.15, -0.1) is 0 Å². The molecule has 9 aromatic carbocycles. The molecule has 0 aliphatic carbocycles. The maximum Gasteiger partial charge on any atom is 0.387 e. The van der Waals surface area contributed by atoms with Crippen LogP contribution in [0.4, 0.5) is 41.1 Å². The number of rotatable bonds is 19. The highest BCUT2D eigenvalue weighted by Crippen LogP contribution is 2.41. The largest absolute Gasteiger partial charge is 0.497 e. The number of hydrogen-bond donors (Lipinski definition) is 9. The number of ether oxygens (including phenoxy) is 2. The number of aromatic nitrogens is 8. The summed E-state index contributed by atoms with van der Waals surface area (Å²) in [6.07, 6.45) is 9.61. The number of amides is 16. The summed E-state index contributed by atoms with van der Waals surface area (Å²) in [7, 11) is 3.37. The van der Waals surface area contributed by atoms with Crippen molar-refractivity contribution in [2.45, 2.75) is 54.9 Å². The molecular formula is C93H70ClF5N20O14. The Morgan fingerprint density at radius 1 is 0.429 bits per heavy atom. The first-order chi connectivity index (χ1) is 64.0. The molecule has 9 N–H and O–H groups in total. The molecule has 16 amide bonds. The molecule has 4 fully saturated rings. The summed E-state index contributed by atoms with van der Waals surface area (Å²) in [5.74, 6) is -5.98. The Labute approximate surface area is 753 Å². The van der Waals surface area contributed by atoms with E-state index < -0.39 is 112 Å². The average molecular weight is 1820 g/mol. The van der Waals surface area contributed by atoms with Gasteiger partial charge in [0.2, 0.25) is 0 Å². The first-order valence-corrected chi connectivity index (χ1v) is 41.1. The number of benzene rings is 9. The van der Waals surface area contributed by atoms with Gasteiger partial charge >= 0.3 is 30.7 Å². The third-order valence-electron chi connectivity index (χ3n) is 23.9. The lowest BCUT2D eigenvalue weighted by molar-refractivity contribution is -0.125. The molecule has 0 bridgehead atoms. The van der Waals surface area contributed by atoms with Crippen LogP contribution in [0, 0.1) is 17.5 Å². The highest BCUT2D eigenvalue weighted by atomic mass is 35.5. The third kappa shape index (κ3) is 16.3. The minimum absolute atomic E-state index is 0.00136. The van der Waals surface area contributed by atoms with Crippen LogP contribution in [-0.4, -0.2) is 171 Å². The van der Waals surface area contributed by atoms with Crippen molar-refractivity contribution >= 4 is 94.1 Å². The van der Waals surface area contributed by atoms with Crippen LogP contribution < -0.4 is 52.0 Å². The fourth-order valence-electron chi connectivity index (χ4n) is 17.4. The molecule has 13 aromatic rings. The average Bonchev–Trinajstić information content (AvgIpc) is 1.60. The second-order valence-corrected chi connectivity index (χ2v) is 32.4. The van der Waals surface area contributed by atoms with Crippen molar-refractivity contribution in [3.63, 3.8) is 0 Å². The summed E-state index contributed by atoms with van der Waals surface area (Å²) in [4.78, 5) is 179. The molecule has 34 nitrogen and oxygen atoms in total. The summed E-state index contributed by atoms with van der Waals surface area (Å²) in [5.41, 5.74) is 7.21. The number of carbonyl (C=O) groups is 12. The number of imidazole rings is 1. The molecule has 4 saturated heterocycles. The van der Waals surface area contributed by atoms with Crippen LogP contribution >= 0.6 is 11.6 Å². The molecule has 40 heteroatoms. The molecule has 12 heterocycles. The van der Waals surface area contributed by atoms with Crippen LogP contribution in [-0.2, 0) is 74.6 Å². The van der Waals surface area contributed by atoms with Gasteiger partial charge in [0.1, 0.15) is 46.5 Å². The lowest BCUT2D eigenvalue weighted by Crippen LogP contribution is -2.53. The molecular weight excluding hydrogens is 1750 g/mol. The summed E-state index contributed by atoms with van der Waals surface area (Å²) < 4.78 is 77.8. The van der Waals surface area contributed by atoms with E-state index in [1.54, 1.807) is 131 Å². The molecule has 133 heavy (non-hydrogen) atoms. The van der Waals surface area contributed by atoms with Gasteiger partial charge in [0.15, 0.2) is 27.8 Å². The van der Waals surface area contributed by atoms with Crippen LogP contribution in [0.2, 0.25) is 5.02 Å². The smallest absolute Gasteiger partial charge is 0.387 e. The number of aryl methyl sites for hydroxylation is 1. The first-order valence-electron chi connectivity index (χ1n) is 40.8. The number of hydrogen-bond acceptors (Lipinski definition) is 20. The predicted molar refractivity (Wildman–Crippen MR) is 461 cm³/mol. The van der Waals surface area contributed by atoms with Crippen LogP contribution in [0.15, 0.2) is 232 Å². The number of methoxy groups -OCH3 is 1. The Hall–Kier alpha value is -17.0. The normalized spacial score (nSPS) is 19.5. The molecule has 0 radical (unpaired) electrons. The van der Waals surface area contributed by atoms with Crippen molar-refractivity contribution in [2.24, 2.45) is 7.05 Å². The summed E-state index contributed by atoms with van der Waals surface area (Å²) in [6, 6.07) is 49.6. The van der Waals surface area contributed by atoms with Crippen molar-refractivity contribution in [3.05, 3.63) is 321 Å². The van der Waals surface area contributed by atoms with Gasteiger partial charge in [-0.3, -0.25) is 74.7 Å². The number of nitrogens with zero attached hydrogens (tertiary/aromatic N) is 11. The van der Waals surface area contributed by atoms with Crippen molar-refractivity contribution in [1.29, 1.82) is 0 Å². The van der Waals surface area contributed by atoms with Gasteiger partial charge in [-0.05, 0) is 116 Å². The van der Waals surface area contributed by atoms with Crippen LogP contribution in [0.3, 0.4) is 0 Å². The molecule has 0 spiro atoms. The SMILES string of the molecule is COc1ccc2c(c1)C(=O)N(C[C@@]1(c3ccc(-c4ccc(-c5ccn[nH]5)cc4)cc3)NC(=O)NC1=O)C2.Cn1cnc2c(-c3ccc([C@]4(CN5Cc6ccc(OC(F)F)cc6C5=O)NC(=O)NC4=O)cc3)ncnc21.O=C1NC(=O)C(CN2Cc3ccc(F)cc3C2=O)(c2ccc(F)cc2F)N1.O=C1NC(=O)[C@](CN2Cc3ccc(Cl)cc3C2=O)(c2ccc(-c3cnccn3)cc2)N1. The number of nitrogens with one attached hydrogen (secondary N) is 9. The van der Waals surface area contributed by atoms with Gasteiger partial charge < -0.3 is 54.9 Å². The van der Waals surface area contributed by atoms with Gasteiger partial charge in [-0.1, -0.05) is 139 Å². The molecule has 4 atom stereocenters. The topological polar surface area (TPSA) is 431 Å². The minimum atomic E-state index is -3.03. The lowest BCUT2D eigenvalue weighted by Gasteiger charge is -2.31. The maximum absolute atomic E-state index is 14.4. The molecule has 4 aromatic heterocycles. The van der Waals surface area contributed by atoms with E-state index in [9.17, 15) is 79.5 Å². The third-order valence-corrected chi connectivity index (χ3v) is 24.2. The van der Waals surface area contributed by atoms with Crippen LogP contribution in [0.25, 0.3) is 56.1 Å². The monoisotopic (exact) mass is 1820 g/mol. The fraction of sp³-hybridized carbons (Fsp3) is 0.161. The van der Waals surface area contributed by atoms with E-state index in [1.165, 1.54) is 46.5 Å². The van der Waals surface area contributed by atoms with E-state index in [-0.39, 0.29) is 67.0 Å². The Balaban J connectivity index is 0.000000120. The number of halogens is 6. The summed E-state index contributed by atoms with van der Waals surface area (Å²) >= 11 is 6.04. The van der Waals surface area contributed by atoms with Gasteiger partial charge in [-0.25, -0.2) is 47.3 Å². The Morgan fingerprint density at radius 3 is 1.32 bits per heavy atom. The Kier molecular flexibility index (Phi) is 22.5. The molecule has 0 saturated carbocycles. The standard InChI is InChI=1S/C28H23N5O4.C25H19F2N7O4.C22H16ClN5O3.C18H12F3N3O3/c1-37-22-11-8-20-15-33(25(34)23(20)14-22)16-28(26(35)30-27(36)31-28)21-9-6-18(7-10-21)17-2-4-19(5-3-17)24-12-13-29-32-24;1-33-12-30-19-18(28-11-29-20(19)33)13-2-5-15(6-3-13)25(22(36)31-24(37)32-25)10-34-9-14-4-7-16(38-23(26)27)8-17(14)21(34)35;23-16-6-3-14-11-28(19(29)17(14)9-16)12-22(20(30)26-21(31)27-22)15-4-1-13(2-5-15)18-10-24-7-8-25-18;19-10-2-1-9-7-24(15(25)12(9)5-10)8-18(16(26)22-17(27)23-18)13-4-3-11(20)6-14(13)21/h2-14H,15-16H2,1H3,(H,29,32)(H2,30,31,35,36);2-8,11-12,23H,9-10H2,1H3,(H2,31,32,36,37);1-10H,11-12H2,(H2,26,27,30,31);1-6H,7-8H2,(H2,22,23,26,27)/t28-;25-;22-;/m000./s1. The number of carbonyl (C=O) groups excluding carboxylic acids is 12. The Bertz CT molecular complexity index is 7010. The first kappa shape index (κ1) is 86.7. The van der Waals surface area contributed by atoms with E-state index in [2.05, 4.69) is 77.1 Å². The lowest BCUT2D eigenvalue weighted by atomic mass is 9.88. The van der Waals surface area contributed by atoms with Gasteiger partial charge in [-0.2, -0.15) is 13.9 Å². The van der Waals surface area contributed by atoms with Crippen LogP contribution in [0.5, 0.6) is 11.5 Å². The van der Waals surface area contributed by atoms with Crippen molar-refractivity contribution in [2.75, 3.05) is 33.3 Å². The van der Waals surface area contributed by atoms with E-state index in [1.807, 2.05) is 73.0 Å². The number of fused-ring (bicyclic) bond motifs is 5. The van der Waals surface area contributed by atoms with Crippen molar-refractivity contribution < 1.29 is 89.0 Å². The quantitative estimate of drug-likeness (QED) is 0.0268.